The number of rotatable bonds is 7. The third kappa shape index (κ3) is 3.73. The number of nitrogen functional groups attached to an aromatic ring is 2. The third-order valence-corrected chi connectivity index (χ3v) is 4.97. The first-order chi connectivity index (χ1) is 14.6. The van der Waals surface area contributed by atoms with Gasteiger partial charge in [-0.3, -0.25) is 4.79 Å². The van der Waals surface area contributed by atoms with Crippen LogP contribution in [0.4, 0.5) is 11.6 Å². The standard InChI is InChI=1S/C21H24N8O/c1-2-3-8-17-28-18-19(13-6-4-5-7-14(13)27-20(18)23)29(17)10-9-24-21(30)15-11-26-16(22)12-25-15/h4-7,11-12H,2-3,8-10H2,1H3,(H2,22,26)(H2,23,27)(H,24,30). The largest absolute Gasteiger partial charge is 0.382 e. The minimum atomic E-state index is -0.298. The number of aryl methyl sites for hydroxylation is 1. The van der Waals surface area contributed by atoms with Crippen molar-refractivity contribution in [2.24, 2.45) is 0 Å². The van der Waals surface area contributed by atoms with Gasteiger partial charge in [-0.25, -0.2) is 19.9 Å². The van der Waals surface area contributed by atoms with Gasteiger partial charge in [-0.2, -0.15) is 0 Å². The molecule has 0 atom stereocenters. The number of fused-ring (bicyclic) bond motifs is 3. The van der Waals surface area contributed by atoms with Gasteiger partial charge in [0.1, 0.15) is 22.9 Å². The molecule has 0 saturated heterocycles. The molecule has 9 nitrogen and oxygen atoms in total. The first-order valence-corrected chi connectivity index (χ1v) is 9.97. The summed E-state index contributed by atoms with van der Waals surface area (Å²) in [5.74, 6) is 1.34. The van der Waals surface area contributed by atoms with Gasteiger partial charge < -0.3 is 21.4 Å². The van der Waals surface area contributed by atoms with Gasteiger partial charge in [0.05, 0.1) is 23.4 Å². The first kappa shape index (κ1) is 19.6. The summed E-state index contributed by atoms with van der Waals surface area (Å²) >= 11 is 0. The Morgan fingerprint density at radius 1 is 1.13 bits per heavy atom. The summed E-state index contributed by atoms with van der Waals surface area (Å²) in [7, 11) is 0. The lowest BCUT2D eigenvalue weighted by molar-refractivity contribution is 0.0947. The predicted octanol–water partition coefficient (Wildman–Crippen LogP) is 2.31. The zero-order valence-corrected chi connectivity index (χ0v) is 16.8. The molecule has 0 aliphatic heterocycles. The Morgan fingerprint density at radius 2 is 1.97 bits per heavy atom. The predicted molar refractivity (Wildman–Crippen MR) is 117 cm³/mol. The van der Waals surface area contributed by atoms with Crippen LogP contribution in [0.5, 0.6) is 0 Å². The van der Waals surface area contributed by atoms with E-state index in [4.69, 9.17) is 16.5 Å². The topological polar surface area (TPSA) is 138 Å². The van der Waals surface area contributed by atoms with Crippen LogP contribution < -0.4 is 16.8 Å². The molecule has 1 aromatic carbocycles. The van der Waals surface area contributed by atoms with E-state index < -0.39 is 0 Å². The molecule has 0 spiro atoms. The molecular formula is C21H24N8O. The number of carbonyl (C=O) groups excluding carboxylic acids is 1. The van der Waals surface area contributed by atoms with E-state index in [1.54, 1.807) is 0 Å². The van der Waals surface area contributed by atoms with Crippen LogP contribution >= 0.6 is 0 Å². The van der Waals surface area contributed by atoms with E-state index in [0.29, 0.717) is 24.4 Å². The number of unbranched alkanes of at least 4 members (excludes halogenated alkanes) is 1. The molecule has 0 unspecified atom stereocenters. The molecule has 0 radical (unpaired) electrons. The highest BCUT2D eigenvalue weighted by molar-refractivity contribution is 6.06. The molecular weight excluding hydrogens is 380 g/mol. The van der Waals surface area contributed by atoms with Gasteiger partial charge in [0.15, 0.2) is 5.82 Å². The molecule has 0 bridgehead atoms. The number of pyridine rings is 1. The minimum absolute atomic E-state index is 0.227. The van der Waals surface area contributed by atoms with Crippen molar-refractivity contribution >= 4 is 39.5 Å². The molecule has 3 heterocycles. The number of anilines is 2. The number of amides is 1. The highest BCUT2D eigenvalue weighted by Crippen LogP contribution is 2.29. The Bertz CT molecular complexity index is 1200. The molecule has 0 aliphatic carbocycles. The summed E-state index contributed by atoms with van der Waals surface area (Å²) in [6.07, 6.45) is 5.63. The first-order valence-electron chi connectivity index (χ1n) is 9.97. The van der Waals surface area contributed by atoms with Crippen molar-refractivity contribution in [2.75, 3.05) is 18.0 Å². The van der Waals surface area contributed by atoms with Gasteiger partial charge >= 0.3 is 0 Å². The summed E-state index contributed by atoms with van der Waals surface area (Å²) in [5.41, 5.74) is 14.4. The number of carbonyl (C=O) groups is 1. The zero-order valence-electron chi connectivity index (χ0n) is 16.8. The van der Waals surface area contributed by atoms with Gasteiger partial charge in [-0.15, -0.1) is 0 Å². The molecule has 1 amide bonds. The molecule has 30 heavy (non-hydrogen) atoms. The number of hydrogen-bond donors (Lipinski definition) is 3. The lowest BCUT2D eigenvalue weighted by Gasteiger charge is -2.11. The maximum atomic E-state index is 12.4. The summed E-state index contributed by atoms with van der Waals surface area (Å²) in [4.78, 5) is 29.6. The summed E-state index contributed by atoms with van der Waals surface area (Å²) < 4.78 is 2.14. The molecule has 4 aromatic rings. The highest BCUT2D eigenvalue weighted by Gasteiger charge is 2.17. The van der Waals surface area contributed by atoms with Crippen molar-refractivity contribution < 1.29 is 4.79 Å². The van der Waals surface area contributed by atoms with E-state index in [1.165, 1.54) is 12.4 Å². The van der Waals surface area contributed by atoms with E-state index in [1.807, 2.05) is 24.3 Å². The van der Waals surface area contributed by atoms with Crippen LogP contribution in [0, 0.1) is 0 Å². The van der Waals surface area contributed by atoms with Crippen molar-refractivity contribution in [3.63, 3.8) is 0 Å². The number of nitrogens with one attached hydrogen (secondary N) is 1. The number of hydrogen-bond acceptors (Lipinski definition) is 7. The monoisotopic (exact) mass is 404 g/mol. The maximum Gasteiger partial charge on any atom is 0.271 e. The second-order valence-corrected chi connectivity index (χ2v) is 7.08. The second kappa shape index (κ2) is 8.32. The van der Waals surface area contributed by atoms with Crippen LogP contribution in [-0.2, 0) is 13.0 Å². The van der Waals surface area contributed by atoms with E-state index in [9.17, 15) is 4.79 Å². The normalized spacial score (nSPS) is 11.2. The number of imidazole rings is 1. The van der Waals surface area contributed by atoms with Crippen LogP contribution in [-0.4, -0.2) is 37.0 Å². The SMILES string of the molecule is CCCCc1nc2c(N)nc3ccccc3c2n1CCNC(=O)c1cnc(N)cn1. The van der Waals surface area contributed by atoms with Crippen LogP contribution in [0.1, 0.15) is 36.1 Å². The number of benzene rings is 1. The quantitative estimate of drug-likeness (QED) is 0.430. The van der Waals surface area contributed by atoms with E-state index >= 15 is 0 Å². The van der Waals surface area contributed by atoms with Crippen molar-refractivity contribution in [3.05, 3.63) is 48.2 Å². The molecule has 3 aromatic heterocycles. The molecule has 0 saturated carbocycles. The van der Waals surface area contributed by atoms with Gasteiger partial charge in [0.2, 0.25) is 0 Å². The Hall–Kier alpha value is -3.75. The zero-order chi connectivity index (χ0) is 21.1. The third-order valence-electron chi connectivity index (χ3n) is 4.97. The molecule has 0 aliphatic rings. The number of nitrogens with two attached hydrogens (primary N) is 2. The van der Waals surface area contributed by atoms with Crippen LogP contribution in [0.15, 0.2) is 36.7 Å². The van der Waals surface area contributed by atoms with Crippen molar-refractivity contribution in [2.45, 2.75) is 32.7 Å². The second-order valence-electron chi connectivity index (χ2n) is 7.08. The van der Waals surface area contributed by atoms with Gasteiger partial charge in [-0.05, 0) is 12.5 Å². The average Bonchev–Trinajstić information content (AvgIpc) is 3.12. The molecule has 9 heteroatoms. The van der Waals surface area contributed by atoms with Gasteiger partial charge in [0, 0.05) is 24.9 Å². The minimum Gasteiger partial charge on any atom is -0.382 e. The fourth-order valence-electron chi connectivity index (χ4n) is 3.50. The fraction of sp³-hybridized carbons (Fsp3) is 0.286. The Morgan fingerprint density at radius 3 is 2.73 bits per heavy atom. The van der Waals surface area contributed by atoms with Gasteiger partial charge in [0.25, 0.3) is 5.91 Å². The number of nitrogens with zero attached hydrogens (tertiary/aromatic N) is 5. The van der Waals surface area contributed by atoms with Gasteiger partial charge in [-0.1, -0.05) is 31.5 Å². The number of para-hydroxylation sites is 1. The van der Waals surface area contributed by atoms with E-state index in [-0.39, 0.29) is 17.4 Å². The smallest absolute Gasteiger partial charge is 0.271 e. The number of aromatic nitrogens is 5. The van der Waals surface area contributed by atoms with Crippen molar-refractivity contribution in [1.82, 2.24) is 29.8 Å². The summed E-state index contributed by atoms with van der Waals surface area (Å²) in [5, 5.41) is 3.88. The maximum absolute atomic E-state index is 12.4. The van der Waals surface area contributed by atoms with E-state index in [2.05, 4.69) is 31.8 Å². The molecule has 0 fully saturated rings. The lowest BCUT2D eigenvalue weighted by Crippen LogP contribution is -2.28. The van der Waals surface area contributed by atoms with Crippen LogP contribution in [0.25, 0.3) is 21.9 Å². The van der Waals surface area contributed by atoms with Crippen molar-refractivity contribution in [1.29, 1.82) is 0 Å². The van der Waals surface area contributed by atoms with Crippen LogP contribution in [0.2, 0.25) is 0 Å². The average molecular weight is 404 g/mol. The summed E-state index contributed by atoms with van der Waals surface area (Å²) in [6.45, 7) is 3.11. The summed E-state index contributed by atoms with van der Waals surface area (Å²) in [6, 6.07) is 7.88. The molecule has 4 rings (SSSR count). The molecule has 154 valence electrons. The fourth-order valence-corrected chi connectivity index (χ4v) is 3.50. The van der Waals surface area contributed by atoms with E-state index in [0.717, 1.165) is 41.5 Å². The Kier molecular flexibility index (Phi) is 5.42. The van der Waals surface area contributed by atoms with Crippen LogP contribution in [0.3, 0.4) is 0 Å². The highest BCUT2D eigenvalue weighted by atomic mass is 16.1. The Balaban J connectivity index is 1.65. The Labute approximate surface area is 173 Å². The van der Waals surface area contributed by atoms with Crippen molar-refractivity contribution in [3.8, 4) is 0 Å². The lowest BCUT2D eigenvalue weighted by atomic mass is 10.2. The molecule has 5 N–H and O–H groups in total.